The number of carbonyl (C=O) groups is 4. The van der Waals surface area contributed by atoms with E-state index >= 15 is 0 Å². The molecule has 0 unspecified atom stereocenters. The number of hydrogen-bond donors (Lipinski definition) is 4. The van der Waals surface area contributed by atoms with Gasteiger partial charge in [0.1, 0.15) is 23.1 Å². The lowest BCUT2D eigenvalue weighted by Crippen LogP contribution is -2.75. The van der Waals surface area contributed by atoms with E-state index in [0.717, 1.165) is 37.7 Å². The van der Waals surface area contributed by atoms with E-state index in [9.17, 15) is 24.3 Å². The van der Waals surface area contributed by atoms with Crippen LogP contribution in [0.4, 0.5) is 0 Å². The Labute approximate surface area is 283 Å². The van der Waals surface area contributed by atoms with Gasteiger partial charge in [-0.1, -0.05) is 31.4 Å². The Bertz CT molecular complexity index is 1370. The van der Waals surface area contributed by atoms with E-state index in [4.69, 9.17) is 4.74 Å². The van der Waals surface area contributed by atoms with Gasteiger partial charge >= 0.3 is 0 Å². The molecule has 2 atom stereocenters. The highest BCUT2D eigenvalue weighted by molar-refractivity contribution is 6.00. The number of amides is 4. The smallest absolute Gasteiger partial charge is 0.251 e. The van der Waals surface area contributed by atoms with Crippen molar-refractivity contribution in [3.05, 3.63) is 59.7 Å². The van der Waals surface area contributed by atoms with E-state index in [-0.39, 0.29) is 48.4 Å². The molecule has 0 aromatic heterocycles. The summed E-state index contributed by atoms with van der Waals surface area (Å²) in [5.74, 6) is 0.629. The molecular formula is C35H48ClN5O6. The maximum atomic E-state index is 14.0. The minimum Gasteiger partial charge on any atom is -0.457 e. The second-order valence-electron chi connectivity index (χ2n) is 12.8. The summed E-state index contributed by atoms with van der Waals surface area (Å²) in [6, 6.07) is 13.8. The van der Waals surface area contributed by atoms with Gasteiger partial charge in [0.05, 0.1) is 6.10 Å². The molecule has 3 aliphatic rings. The van der Waals surface area contributed by atoms with Crippen molar-refractivity contribution < 1.29 is 29.0 Å². The number of rotatable bonds is 11. The molecule has 3 fully saturated rings. The Morgan fingerprint density at radius 3 is 2.17 bits per heavy atom. The molecule has 2 aromatic carbocycles. The average molecular weight is 670 g/mol. The van der Waals surface area contributed by atoms with Crippen molar-refractivity contribution in [3.8, 4) is 11.5 Å². The number of piperidine rings is 1. The highest BCUT2D eigenvalue weighted by Gasteiger charge is 2.55. The SMILES string of the molecule is CNC(=O)CCCN1C(=O)[C@@H]([C@H](O)C2CCCCC2)NC(=O)C12CCN(Cc1ccc(Oc3ccc(C(=O)NC)cc3)cc1)CC2.Cl. The molecule has 1 spiro atoms. The Morgan fingerprint density at radius 1 is 0.957 bits per heavy atom. The van der Waals surface area contributed by atoms with Crippen molar-refractivity contribution in [3.63, 3.8) is 0 Å². The highest BCUT2D eigenvalue weighted by atomic mass is 35.5. The minimum absolute atomic E-state index is 0. The molecular weight excluding hydrogens is 622 g/mol. The summed E-state index contributed by atoms with van der Waals surface area (Å²) in [5.41, 5.74) is 0.664. The first-order chi connectivity index (χ1) is 22.2. The summed E-state index contributed by atoms with van der Waals surface area (Å²) in [5, 5.41) is 19.4. The van der Waals surface area contributed by atoms with Gasteiger partial charge in [0, 0.05) is 52.3 Å². The van der Waals surface area contributed by atoms with Crippen molar-refractivity contribution in [1.82, 2.24) is 25.8 Å². The van der Waals surface area contributed by atoms with Crippen LogP contribution in [0.25, 0.3) is 0 Å². The van der Waals surface area contributed by atoms with Crippen LogP contribution in [0.1, 0.15) is 73.7 Å². The lowest BCUT2D eigenvalue weighted by molar-refractivity contribution is -0.166. The summed E-state index contributed by atoms with van der Waals surface area (Å²) in [7, 11) is 3.18. The van der Waals surface area contributed by atoms with Crippen molar-refractivity contribution in [2.45, 2.75) is 82.0 Å². The lowest BCUT2D eigenvalue weighted by atomic mass is 9.78. The third kappa shape index (κ3) is 8.44. The van der Waals surface area contributed by atoms with Gasteiger partial charge < -0.3 is 30.7 Å². The molecule has 2 aromatic rings. The van der Waals surface area contributed by atoms with Crippen LogP contribution in [-0.2, 0) is 20.9 Å². The Balaban J connectivity index is 0.00000500. The van der Waals surface area contributed by atoms with Crippen molar-refractivity contribution in [2.75, 3.05) is 33.7 Å². The maximum absolute atomic E-state index is 14.0. The first-order valence-electron chi connectivity index (χ1n) is 16.6. The van der Waals surface area contributed by atoms with Crippen LogP contribution >= 0.6 is 12.4 Å². The molecule has 4 N–H and O–H groups in total. The first kappa shape index (κ1) is 36.2. The number of hydrogen-bond acceptors (Lipinski definition) is 7. The lowest BCUT2D eigenvalue weighted by Gasteiger charge is -2.52. The quantitative estimate of drug-likeness (QED) is 0.288. The monoisotopic (exact) mass is 669 g/mol. The number of piperazine rings is 1. The maximum Gasteiger partial charge on any atom is 0.251 e. The van der Waals surface area contributed by atoms with Gasteiger partial charge in [-0.05, 0) is 80.0 Å². The molecule has 4 amide bonds. The number of likely N-dealkylation sites (tertiary alicyclic amines) is 1. The highest BCUT2D eigenvalue weighted by Crippen LogP contribution is 2.36. The van der Waals surface area contributed by atoms with E-state index in [1.54, 1.807) is 43.3 Å². The minimum atomic E-state index is -0.996. The van der Waals surface area contributed by atoms with E-state index in [2.05, 4.69) is 20.9 Å². The van der Waals surface area contributed by atoms with Crippen LogP contribution in [0.15, 0.2) is 48.5 Å². The molecule has 2 saturated heterocycles. The second kappa shape index (κ2) is 16.4. The molecule has 5 rings (SSSR count). The molecule has 256 valence electrons. The standard InChI is InChI=1S/C35H47N5O6.ClH/c1-36-29(41)9-6-20-40-33(44)30(31(42)25-7-4-3-5-8-25)38-34(45)35(40)18-21-39(22-19-35)23-24-10-14-27(15-11-24)46-28-16-12-26(13-17-28)32(43)37-2;/h10-17,25,30-31,42H,3-9,18-23H2,1-2H3,(H,36,41)(H,37,43)(H,38,45);1H/t30-,31-;/m1./s1. The summed E-state index contributed by atoms with van der Waals surface area (Å²) < 4.78 is 5.95. The van der Waals surface area contributed by atoms with Crippen LogP contribution in [-0.4, -0.2) is 89.9 Å². The van der Waals surface area contributed by atoms with Crippen molar-refractivity contribution in [1.29, 1.82) is 0 Å². The molecule has 1 saturated carbocycles. The number of aliphatic hydroxyl groups excluding tert-OH is 1. The van der Waals surface area contributed by atoms with Gasteiger partial charge in [0.15, 0.2) is 0 Å². The molecule has 12 heteroatoms. The molecule has 0 bridgehead atoms. The van der Waals surface area contributed by atoms with E-state index in [1.807, 2.05) is 24.3 Å². The predicted octanol–water partition coefficient (Wildman–Crippen LogP) is 3.39. The zero-order valence-corrected chi connectivity index (χ0v) is 28.2. The third-order valence-corrected chi connectivity index (χ3v) is 9.89. The third-order valence-electron chi connectivity index (χ3n) is 9.89. The normalized spacial score (nSPS) is 20.6. The Kier molecular flexibility index (Phi) is 12.6. The van der Waals surface area contributed by atoms with Crippen LogP contribution < -0.4 is 20.7 Å². The molecule has 2 aliphatic heterocycles. The van der Waals surface area contributed by atoms with Gasteiger partial charge in [-0.3, -0.25) is 24.1 Å². The summed E-state index contributed by atoms with van der Waals surface area (Å²) in [6.45, 7) is 2.23. The number of benzene rings is 2. The van der Waals surface area contributed by atoms with Crippen molar-refractivity contribution in [2.24, 2.45) is 5.92 Å². The van der Waals surface area contributed by atoms with E-state index in [1.165, 1.54) is 0 Å². The van der Waals surface area contributed by atoms with Crippen LogP contribution in [0.2, 0.25) is 0 Å². The van der Waals surface area contributed by atoms with E-state index in [0.29, 0.717) is 62.5 Å². The van der Waals surface area contributed by atoms with E-state index < -0.39 is 17.7 Å². The number of nitrogens with one attached hydrogen (secondary N) is 3. The van der Waals surface area contributed by atoms with Gasteiger partial charge in [-0.2, -0.15) is 0 Å². The Hall–Kier alpha value is -3.67. The predicted molar refractivity (Wildman–Crippen MR) is 180 cm³/mol. The van der Waals surface area contributed by atoms with Gasteiger partial charge in [0.2, 0.25) is 17.7 Å². The molecule has 47 heavy (non-hydrogen) atoms. The zero-order valence-electron chi connectivity index (χ0n) is 27.3. The number of carbonyl (C=O) groups excluding carboxylic acids is 4. The summed E-state index contributed by atoms with van der Waals surface area (Å²) >= 11 is 0. The van der Waals surface area contributed by atoms with Gasteiger partial charge in [-0.15, -0.1) is 12.4 Å². The summed E-state index contributed by atoms with van der Waals surface area (Å²) in [6.07, 6.45) is 5.65. The fourth-order valence-corrected chi connectivity index (χ4v) is 7.12. The number of nitrogens with zero attached hydrogens (tertiary/aromatic N) is 2. The topological polar surface area (TPSA) is 140 Å². The fourth-order valence-electron chi connectivity index (χ4n) is 7.12. The average Bonchev–Trinajstić information content (AvgIpc) is 3.09. The molecule has 0 radical (unpaired) electrons. The number of ether oxygens (including phenoxy) is 1. The number of halogens is 1. The van der Waals surface area contributed by atoms with Crippen LogP contribution in [0.5, 0.6) is 11.5 Å². The summed E-state index contributed by atoms with van der Waals surface area (Å²) in [4.78, 5) is 55.5. The van der Waals surface area contributed by atoms with Crippen LogP contribution in [0.3, 0.4) is 0 Å². The van der Waals surface area contributed by atoms with Gasteiger partial charge in [0.25, 0.3) is 5.91 Å². The van der Waals surface area contributed by atoms with Crippen LogP contribution in [0, 0.1) is 5.92 Å². The molecule has 1 aliphatic carbocycles. The Morgan fingerprint density at radius 2 is 1.57 bits per heavy atom. The van der Waals surface area contributed by atoms with Crippen molar-refractivity contribution >= 4 is 36.0 Å². The first-order valence-corrected chi connectivity index (χ1v) is 16.6. The number of aliphatic hydroxyl groups is 1. The molecule has 2 heterocycles. The van der Waals surface area contributed by atoms with Gasteiger partial charge in [-0.25, -0.2) is 0 Å². The zero-order chi connectivity index (χ0) is 32.7. The molecule has 11 nitrogen and oxygen atoms in total. The largest absolute Gasteiger partial charge is 0.457 e. The fraction of sp³-hybridized carbons (Fsp3) is 0.543. The second-order valence-corrected chi connectivity index (χ2v) is 12.8.